The van der Waals surface area contributed by atoms with Gasteiger partial charge in [0.2, 0.25) is 26.0 Å². The molecule has 12 heteroatoms. The van der Waals surface area contributed by atoms with Gasteiger partial charge in [0.05, 0.1) is 28.9 Å². The molecule has 0 spiro atoms. The van der Waals surface area contributed by atoms with Crippen LogP contribution in [0.1, 0.15) is 5.56 Å². The van der Waals surface area contributed by atoms with Crippen LogP contribution in [0.25, 0.3) is 5.69 Å². The highest BCUT2D eigenvalue weighted by molar-refractivity contribution is 7.92. The maximum absolute atomic E-state index is 12.6. The van der Waals surface area contributed by atoms with Crippen molar-refractivity contribution in [1.29, 1.82) is 0 Å². The maximum atomic E-state index is 12.6. The molecule has 0 aliphatic heterocycles. The zero-order valence-electron chi connectivity index (χ0n) is 18.4. The molecule has 176 valence electrons. The summed E-state index contributed by atoms with van der Waals surface area (Å²) in [6.07, 6.45) is 6.06. The van der Waals surface area contributed by atoms with E-state index in [4.69, 9.17) is 0 Å². The molecule has 1 heterocycles. The van der Waals surface area contributed by atoms with Gasteiger partial charge in [-0.05, 0) is 35.9 Å². The Kier molecular flexibility index (Phi) is 7.20. The topological polar surface area (TPSA) is 122 Å². The quantitative estimate of drug-likeness (QED) is 0.480. The Labute approximate surface area is 193 Å². The molecule has 0 saturated carbocycles. The summed E-state index contributed by atoms with van der Waals surface area (Å²) in [6, 6.07) is 12.8. The van der Waals surface area contributed by atoms with E-state index < -0.39 is 32.5 Å². The summed E-state index contributed by atoms with van der Waals surface area (Å²) in [5.41, 5.74) is 1.85. The van der Waals surface area contributed by atoms with E-state index in [1.807, 2.05) is 28.8 Å². The normalized spacial score (nSPS) is 12.0. The number of sulfonamides is 2. The van der Waals surface area contributed by atoms with Gasteiger partial charge < -0.3 is 9.88 Å². The summed E-state index contributed by atoms with van der Waals surface area (Å²) in [5.74, 6) is -0.508. The molecule has 33 heavy (non-hydrogen) atoms. The van der Waals surface area contributed by atoms with Crippen LogP contribution in [0.5, 0.6) is 0 Å². The monoisotopic (exact) mass is 491 g/mol. The molecule has 0 atom stereocenters. The first-order valence-corrected chi connectivity index (χ1v) is 13.1. The summed E-state index contributed by atoms with van der Waals surface area (Å²) in [6.45, 7) is -0.267. The summed E-state index contributed by atoms with van der Waals surface area (Å²) < 4.78 is 53.0. The fraction of sp³-hybridized carbons (Fsp3) is 0.238. The molecule has 0 bridgehead atoms. The Morgan fingerprint density at radius 3 is 2.27 bits per heavy atom. The molecule has 0 saturated heterocycles. The van der Waals surface area contributed by atoms with Crippen molar-refractivity contribution in [2.75, 3.05) is 31.2 Å². The summed E-state index contributed by atoms with van der Waals surface area (Å²) >= 11 is 0. The number of hydrogen-bond acceptors (Lipinski definition) is 6. The van der Waals surface area contributed by atoms with E-state index in [-0.39, 0.29) is 17.1 Å². The van der Waals surface area contributed by atoms with Crippen LogP contribution in [-0.2, 0) is 31.4 Å². The summed E-state index contributed by atoms with van der Waals surface area (Å²) in [7, 11) is -4.66. The number of anilines is 1. The number of carbonyl (C=O) groups is 1. The summed E-state index contributed by atoms with van der Waals surface area (Å²) in [4.78, 5) is 16.7. The molecule has 0 fully saturated rings. The Morgan fingerprint density at radius 2 is 1.70 bits per heavy atom. The van der Waals surface area contributed by atoms with Gasteiger partial charge in [-0.3, -0.25) is 9.10 Å². The molecule has 0 aliphatic carbocycles. The van der Waals surface area contributed by atoms with Gasteiger partial charge in [0.15, 0.2) is 0 Å². The van der Waals surface area contributed by atoms with E-state index >= 15 is 0 Å². The number of rotatable bonds is 9. The van der Waals surface area contributed by atoms with Crippen LogP contribution in [0.3, 0.4) is 0 Å². The van der Waals surface area contributed by atoms with Gasteiger partial charge in [0, 0.05) is 33.0 Å². The minimum atomic E-state index is -3.80. The number of amides is 1. The van der Waals surface area contributed by atoms with Gasteiger partial charge >= 0.3 is 0 Å². The maximum Gasteiger partial charge on any atom is 0.242 e. The molecule has 1 N–H and O–H groups in total. The fourth-order valence-corrected chi connectivity index (χ4v) is 4.85. The number of imidazole rings is 1. The van der Waals surface area contributed by atoms with Crippen molar-refractivity contribution in [3.8, 4) is 5.69 Å². The molecular formula is C21H25N5O5S2. The minimum Gasteiger partial charge on any atom is -0.350 e. The Bertz CT molecular complexity index is 1320. The number of carbonyl (C=O) groups excluding carboxylic acids is 1. The summed E-state index contributed by atoms with van der Waals surface area (Å²) in [5, 5.41) is 2.74. The Morgan fingerprint density at radius 1 is 1.03 bits per heavy atom. The Balaban J connectivity index is 1.75. The van der Waals surface area contributed by atoms with E-state index in [0.717, 1.165) is 26.1 Å². The molecule has 0 aliphatic rings. The van der Waals surface area contributed by atoms with Crippen LogP contribution in [0.4, 0.5) is 5.69 Å². The lowest BCUT2D eigenvalue weighted by Gasteiger charge is -2.22. The van der Waals surface area contributed by atoms with Gasteiger partial charge in [-0.1, -0.05) is 18.2 Å². The number of benzene rings is 2. The molecule has 0 unspecified atom stereocenters. The Hall–Kier alpha value is -3.22. The highest BCUT2D eigenvalue weighted by Crippen LogP contribution is 2.21. The van der Waals surface area contributed by atoms with Gasteiger partial charge in [0.25, 0.3) is 0 Å². The van der Waals surface area contributed by atoms with E-state index in [0.29, 0.717) is 0 Å². The second-order valence-electron chi connectivity index (χ2n) is 7.43. The lowest BCUT2D eigenvalue weighted by atomic mass is 10.1. The molecule has 2 aromatic carbocycles. The van der Waals surface area contributed by atoms with Crippen molar-refractivity contribution < 1.29 is 21.6 Å². The van der Waals surface area contributed by atoms with Crippen LogP contribution >= 0.6 is 0 Å². The first-order valence-electron chi connectivity index (χ1n) is 9.83. The van der Waals surface area contributed by atoms with Gasteiger partial charge in [0.1, 0.15) is 6.54 Å². The van der Waals surface area contributed by atoms with Crippen molar-refractivity contribution in [2.45, 2.75) is 11.4 Å². The number of nitrogens with one attached hydrogen (secondary N) is 1. The van der Waals surface area contributed by atoms with E-state index in [2.05, 4.69) is 10.3 Å². The van der Waals surface area contributed by atoms with Crippen LogP contribution in [0.15, 0.2) is 72.1 Å². The van der Waals surface area contributed by atoms with E-state index in [9.17, 15) is 21.6 Å². The third-order valence-corrected chi connectivity index (χ3v) is 7.81. The third kappa shape index (κ3) is 5.78. The van der Waals surface area contributed by atoms with Gasteiger partial charge in [-0.2, -0.15) is 0 Å². The average Bonchev–Trinajstić information content (AvgIpc) is 3.30. The van der Waals surface area contributed by atoms with Crippen LogP contribution in [-0.4, -0.2) is 63.5 Å². The standard InChI is InChI=1S/C21H25N5O5S2/c1-24(2)33(30,31)19-10-8-18(9-11-19)26(32(3,28)29)15-21(27)23-14-17-6-4-5-7-20(17)25-13-12-22-16-25/h4-13,16H,14-15H2,1-3H3,(H,23,27). The smallest absolute Gasteiger partial charge is 0.242 e. The molecule has 10 nitrogen and oxygen atoms in total. The molecular weight excluding hydrogens is 466 g/mol. The molecule has 0 radical (unpaired) electrons. The van der Waals surface area contributed by atoms with Crippen molar-refractivity contribution in [2.24, 2.45) is 0 Å². The lowest BCUT2D eigenvalue weighted by molar-refractivity contribution is -0.119. The van der Waals surface area contributed by atoms with Crippen LogP contribution < -0.4 is 9.62 Å². The molecule has 3 aromatic rings. The SMILES string of the molecule is CN(C)S(=O)(=O)c1ccc(N(CC(=O)NCc2ccccc2-n2ccnc2)S(C)(=O)=O)cc1. The first-order chi connectivity index (χ1) is 15.5. The van der Waals surface area contributed by atoms with Crippen molar-refractivity contribution in [3.05, 3.63) is 72.8 Å². The predicted molar refractivity (Wildman–Crippen MR) is 125 cm³/mol. The van der Waals surface area contributed by atoms with E-state index in [1.54, 1.807) is 18.7 Å². The van der Waals surface area contributed by atoms with Gasteiger partial charge in [-0.15, -0.1) is 0 Å². The number of para-hydroxylation sites is 1. The third-order valence-electron chi connectivity index (χ3n) is 4.84. The zero-order chi connectivity index (χ0) is 24.2. The second-order valence-corrected chi connectivity index (χ2v) is 11.5. The predicted octanol–water partition coefficient (Wildman–Crippen LogP) is 1.20. The largest absolute Gasteiger partial charge is 0.350 e. The van der Waals surface area contributed by atoms with Crippen LogP contribution in [0, 0.1) is 0 Å². The first kappa shape index (κ1) is 24.4. The molecule has 1 amide bonds. The van der Waals surface area contributed by atoms with Crippen LogP contribution in [0.2, 0.25) is 0 Å². The van der Waals surface area contributed by atoms with Crippen molar-refractivity contribution >= 4 is 31.6 Å². The van der Waals surface area contributed by atoms with E-state index in [1.165, 1.54) is 38.4 Å². The minimum absolute atomic E-state index is 0.0188. The number of aromatic nitrogens is 2. The average molecular weight is 492 g/mol. The van der Waals surface area contributed by atoms with Crippen molar-refractivity contribution in [1.82, 2.24) is 19.2 Å². The number of hydrogen-bond donors (Lipinski definition) is 1. The fourth-order valence-electron chi connectivity index (χ4n) is 3.09. The highest BCUT2D eigenvalue weighted by atomic mass is 32.2. The lowest BCUT2D eigenvalue weighted by Crippen LogP contribution is -2.40. The van der Waals surface area contributed by atoms with Gasteiger partial charge in [-0.25, -0.2) is 26.1 Å². The second kappa shape index (κ2) is 9.73. The molecule has 1 aromatic heterocycles. The zero-order valence-corrected chi connectivity index (χ0v) is 20.0. The molecule has 3 rings (SSSR count). The highest BCUT2D eigenvalue weighted by Gasteiger charge is 2.23. The number of nitrogens with zero attached hydrogens (tertiary/aromatic N) is 4. The van der Waals surface area contributed by atoms with Crippen molar-refractivity contribution in [3.63, 3.8) is 0 Å².